The number of aliphatic hydroxyl groups is 3. The molecule has 1 saturated carbocycles. The summed E-state index contributed by atoms with van der Waals surface area (Å²) >= 11 is 0. The summed E-state index contributed by atoms with van der Waals surface area (Å²) in [6, 6.07) is 5.95. The largest absolute Gasteiger partial charge is 0.497 e. The van der Waals surface area contributed by atoms with Gasteiger partial charge in [0.1, 0.15) is 24.1 Å². The van der Waals surface area contributed by atoms with Gasteiger partial charge in [0, 0.05) is 25.6 Å². The second-order valence-corrected chi connectivity index (χ2v) is 10.7. The van der Waals surface area contributed by atoms with E-state index in [-0.39, 0.29) is 36.4 Å². The third kappa shape index (κ3) is 5.64. The summed E-state index contributed by atoms with van der Waals surface area (Å²) in [7, 11) is 8.20. The van der Waals surface area contributed by atoms with Crippen molar-refractivity contribution in [1.82, 2.24) is 0 Å². The number of methoxy groups -OCH3 is 5. The third-order valence-electron chi connectivity index (χ3n) is 8.56. The maximum absolute atomic E-state index is 10.5. The Morgan fingerprint density at radius 2 is 1.67 bits per heavy atom. The molecule has 2 aliphatic carbocycles. The zero-order valence-corrected chi connectivity index (χ0v) is 23.6. The summed E-state index contributed by atoms with van der Waals surface area (Å²) in [4.78, 5) is 0. The molecule has 10 heteroatoms. The van der Waals surface area contributed by atoms with Crippen molar-refractivity contribution in [3.05, 3.63) is 46.9 Å². The molecule has 0 bridgehead atoms. The van der Waals surface area contributed by atoms with Crippen molar-refractivity contribution in [3.8, 4) is 11.5 Å². The maximum Gasteiger partial charge on any atom is 0.186 e. The Kier molecular flexibility index (Phi) is 9.46. The average Bonchev–Trinajstić information content (AvgIpc) is 2.94. The fraction of sp³-hybridized carbons (Fsp3) is 0.655. The number of hydrogen-bond donors (Lipinski definition) is 3. The molecule has 3 aliphatic rings. The zero-order chi connectivity index (χ0) is 28.3. The molecular formula is C29H42O10. The van der Waals surface area contributed by atoms with Gasteiger partial charge in [-0.1, -0.05) is 18.6 Å². The van der Waals surface area contributed by atoms with Crippen molar-refractivity contribution in [1.29, 1.82) is 0 Å². The molecule has 1 saturated heterocycles. The molecule has 0 amide bonds. The normalized spacial score (nSPS) is 34.7. The predicted octanol–water partition coefficient (Wildman–Crippen LogP) is 2.37. The summed E-state index contributed by atoms with van der Waals surface area (Å²) < 4.78 is 40.0. The molecule has 4 rings (SSSR count). The molecule has 2 fully saturated rings. The molecule has 0 radical (unpaired) electrons. The van der Waals surface area contributed by atoms with Gasteiger partial charge in [-0.25, -0.2) is 0 Å². The first kappa shape index (κ1) is 29.6. The van der Waals surface area contributed by atoms with E-state index < -0.39 is 24.6 Å². The Balaban J connectivity index is 1.77. The highest BCUT2D eigenvalue weighted by Crippen LogP contribution is 2.60. The summed E-state index contributed by atoms with van der Waals surface area (Å²) in [5.74, 6) is 2.63. The average molecular weight is 551 g/mol. The zero-order valence-electron chi connectivity index (χ0n) is 23.6. The highest BCUT2D eigenvalue weighted by molar-refractivity contribution is 5.47. The SMILES string of the molecule is COCC1CC2=CC(OC)=C(OC)CC2(C)C(c2ccc(OC)c(OC)c2)C1COC1OCC(O)C(O)C1O. The molecule has 10 nitrogen and oxygen atoms in total. The van der Waals surface area contributed by atoms with Crippen LogP contribution in [-0.4, -0.2) is 95.3 Å². The minimum atomic E-state index is -1.37. The minimum Gasteiger partial charge on any atom is -0.497 e. The van der Waals surface area contributed by atoms with Gasteiger partial charge in [0.05, 0.1) is 41.7 Å². The molecule has 8 unspecified atom stereocenters. The van der Waals surface area contributed by atoms with Crippen LogP contribution in [0.25, 0.3) is 0 Å². The van der Waals surface area contributed by atoms with Gasteiger partial charge in [-0.05, 0) is 47.9 Å². The van der Waals surface area contributed by atoms with Gasteiger partial charge in [0.2, 0.25) is 0 Å². The van der Waals surface area contributed by atoms with Crippen LogP contribution in [0.4, 0.5) is 0 Å². The van der Waals surface area contributed by atoms with Gasteiger partial charge >= 0.3 is 0 Å². The number of allylic oxidation sites excluding steroid dienone is 3. The number of aliphatic hydroxyl groups excluding tert-OH is 3. The number of benzene rings is 1. The molecule has 39 heavy (non-hydrogen) atoms. The number of ether oxygens (including phenoxy) is 7. The van der Waals surface area contributed by atoms with Gasteiger partial charge in [0.15, 0.2) is 23.5 Å². The quantitative estimate of drug-likeness (QED) is 0.400. The highest BCUT2D eigenvalue weighted by Gasteiger charge is 2.53. The summed E-state index contributed by atoms with van der Waals surface area (Å²) in [6.07, 6.45) is -1.50. The summed E-state index contributed by atoms with van der Waals surface area (Å²) in [5, 5.41) is 30.6. The van der Waals surface area contributed by atoms with E-state index in [1.807, 2.05) is 18.2 Å². The lowest BCUT2D eigenvalue weighted by atomic mass is 9.52. The van der Waals surface area contributed by atoms with Crippen LogP contribution in [0.15, 0.2) is 41.4 Å². The smallest absolute Gasteiger partial charge is 0.186 e. The van der Waals surface area contributed by atoms with Gasteiger partial charge in [-0.2, -0.15) is 0 Å². The van der Waals surface area contributed by atoms with Crippen LogP contribution in [0.3, 0.4) is 0 Å². The first-order valence-electron chi connectivity index (χ1n) is 13.2. The van der Waals surface area contributed by atoms with E-state index in [0.717, 1.165) is 17.7 Å². The molecule has 218 valence electrons. The number of rotatable bonds is 10. The van der Waals surface area contributed by atoms with Crippen molar-refractivity contribution < 1.29 is 48.5 Å². The Morgan fingerprint density at radius 3 is 2.31 bits per heavy atom. The van der Waals surface area contributed by atoms with Crippen LogP contribution >= 0.6 is 0 Å². The van der Waals surface area contributed by atoms with E-state index in [1.165, 1.54) is 5.57 Å². The fourth-order valence-corrected chi connectivity index (χ4v) is 6.49. The lowest BCUT2D eigenvalue weighted by molar-refractivity contribution is -0.275. The minimum absolute atomic E-state index is 0.0610. The van der Waals surface area contributed by atoms with Gasteiger partial charge in [0.25, 0.3) is 0 Å². The standard InChI is InChI=1S/C29H42O10/c1-29-12-24(37-6)23(36-5)11-18(29)9-17(13-33-2)19(14-38-28-27(32)26(31)20(30)15-39-28)25(29)16-7-8-21(34-3)22(10-16)35-4/h7-8,10-11,17,19-20,25-28,30-32H,9,12-15H2,1-6H3. The van der Waals surface area contributed by atoms with E-state index >= 15 is 0 Å². The van der Waals surface area contributed by atoms with Crippen molar-refractivity contribution in [2.24, 2.45) is 17.3 Å². The van der Waals surface area contributed by atoms with Crippen LogP contribution in [0, 0.1) is 17.3 Å². The molecule has 8 atom stereocenters. The number of fused-ring (bicyclic) bond motifs is 1. The van der Waals surface area contributed by atoms with Gasteiger partial charge in [-0.15, -0.1) is 0 Å². The molecule has 1 aliphatic heterocycles. The monoisotopic (exact) mass is 550 g/mol. The van der Waals surface area contributed by atoms with E-state index in [9.17, 15) is 15.3 Å². The molecular weight excluding hydrogens is 508 g/mol. The van der Waals surface area contributed by atoms with Gasteiger partial charge in [-0.3, -0.25) is 0 Å². The van der Waals surface area contributed by atoms with Crippen LogP contribution in [0.5, 0.6) is 11.5 Å². The first-order valence-corrected chi connectivity index (χ1v) is 13.2. The Labute approximate surface area is 230 Å². The van der Waals surface area contributed by atoms with E-state index in [2.05, 4.69) is 13.0 Å². The second kappa shape index (κ2) is 12.4. The molecule has 0 aromatic heterocycles. The molecule has 1 heterocycles. The fourth-order valence-electron chi connectivity index (χ4n) is 6.49. The molecule has 0 spiro atoms. The Bertz CT molecular complexity index is 1050. The van der Waals surface area contributed by atoms with Crippen molar-refractivity contribution in [2.45, 2.75) is 50.3 Å². The number of hydrogen-bond acceptors (Lipinski definition) is 10. The van der Waals surface area contributed by atoms with Crippen molar-refractivity contribution in [2.75, 3.05) is 55.4 Å². The van der Waals surface area contributed by atoms with E-state index in [4.69, 9.17) is 33.2 Å². The second-order valence-electron chi connectivity index (χ2n) is 10.7. The summed E-state index contributed by atoms with van der Waals surface area (Å²) in [6.45, 7) is 2.82. The summed E-state index contributed by atoms with van der Waals surface area (Å²) in [5.41, 5.74) is 1.89. The van der Waals surface area contributed by atoms with Crippen LogP contribution in [-0.2, 0) is 23.7 Å². The highest BCUT2D eigenvalue weighted by atomic mass is 16.7. The third-order valence-corrected chi connectivity index (χ3v) is 8.56. The van der Waals surface area contributed by atoms with Gasteiger partial charge < -0.3 is 48.5 Å². The Morgan fingerprint density at radius 1 is 0.923 bits per heavy atom. The molecule has 1 aromatic rings. The Hall–Kier alpha value is -2.34. The van der Waals surface area contributed by atoms with E-state index in [0.29, 0.717) is 30.3 Å². The van der Waals surface area contributed by atoms with Crippen molar-refractivity contribution >= 4 is 0 Å². The maximum atomic E-state index is 10.5. The van der Waals surface area contributed by atoms with Crippen LogP contribution in [0.2, 0.25) is 0 Å². The topological polar surface area (TPSA) is 125 Å². The predicted molar refractivity (Wildman–Crippen MR) is 141 cm³/mol. The van der Waals surface area contributed by atoms with Crippen LogP contribution in [0.1, 0.15) is 31.2 Å². The lowest BCUT2D eigenvalue weighted by Crippen LogP contribution is -2.54. The molecule has 3 N–H and O–H groups in total. The lowest BCUT2D eigenvalue weighted by Gasteiger charge is -2.53. The van der Waals surface area contributed by atoms with E-state index in [1.54, 1.807) is 35.5 Å². The first-order chi connectivity index (χ1) is 18.7. The van der Waals surface area contributed by atoms with Crippen molar-refractivity contribution in [3.63, 3.8) is 0 Å². The van der Waals surface area contributed by atoms with Crippen LogP contribution < -0.4 is 9.47 Å². The molecule has 1 aromatic carbocycles.